The molecule has 76 valence electrons. The van der Waals surface area contributed by atoms with Crippen molar-refractivity contribution in [2.45, 2.75) is 13.5 Å². The zero-order valence-corrected chi connectivity index (χ0v) is 9.29. The number of carbonyl (C=O) groups is 1. The van der Waals surface area contributed by atoms with Crippen LogP contribution in [0.15, 0.2) is 18.2 Å². The zero-order chi connectivity index (χ0) is 10.6. The van der Waals surface area contributed by atoms with Crippen LogP contribution in [0, 0.1) is 6.92 Å². The molecule has 0 radical (unpaired) electrons. The van der Waals surface area contributed by atoms with E-state index in [-0.39, 0.29) is 11.7 Å². The fraction of sp³-hybridized carbons (Fsp3) is 0.400. The van der Waals surface area contributed by atoms with Crippen LogP contribution >= 0.6 is 12.6 Å². The van der Waals surface area contributed by atoms with Gasteiger partial charge in [0.25, 0.3) is 0 Å². The summed E-state index contributed by atoms with van der Waals surface area (Å²) in [6, 6.07) is 5.79. The second kappa shape index (κ2) is 5.00. The van der Waals surface area contributed by atoms with Crippen molar-refractivity contribution in [1.82, 2.24) is 9.88 Å². The lowest BCUT2D eigenvalue weighted by Crippen LogP contribution is -2.27. The fourth-order valence-electron chi connectivity index (χ4n) is 1.14. The molecule has 0 bridgehead atoms. The molecule has 1 heterocycles. The summed E-state index contributed by atoms with van der Waals surface area (Å²) in [4.78, 5) is 17.2. The molecule has 4 heteroatoms. The third-order valence-corrected chi connectivity index (χ3v) is 2.18. The number of aryl methyl sites for hydroxylation is 1. The average Bonchev–Trinajstić information content (AvgIpc) is 2.16. The zero-order valence-electron chi connectivity index (χ0n) is 8.40. The second-order valence-corrected chi connectivity index (χ2v) is 3.49. The Labute approximate surface area is 89.6 Å². The number of pyridine rings is 1. The van der Waals surface area contributed by atoms with Crippen LogP contribution in [0.4, 0.5) is 0 Å². The summed E-state index contributed by atoms with van der Waals surface area (Å²) < 4.78 is 0. The lowest BCUT2D eigenvalue weighted by Gasteiger charge is -2.15. The first-order valence-electron chi connectivity index (χ1n) is 4.41. The predicted molar refractivity (Wildman–Crippen MR) is 59.3 cm³/mol. The SMILES string of the molecule is Cc1cccc(CN(C)C(=O)CS)n1. The number of rotatable bonds is 3. The van der Waals surface area contributed by atoms with Gasteiger partial charge in [0.1, 0.15) is 0 Å². The van der Waals surface area contributed by atoms with Crippen molar-refractivity contribution >= 4 is 18.5 Å². The van der Waals surface area contributed by atoms with Crippen molar-refractivity contribution in [2.75, 3.05) is 12.8 Å². The highest BCUT2D eigenvalue weighted by atomic mass is 32.1. The number of aromatic nitrogens is 1. The molecule has 1 amide bonds. The van der Waals surface area contributed by atoms with E-state index in [0.717, 1.165) is 11.4 Å². The van der Waals surface area contributed by atoms with Gasteiger partial charge in [-0.15, -0.1) is 0 Å². The van der Waals surface area contributed by atoms with Gasteiger partial charge in [0.05, 0.1) is 18.0 Å². The van der Waals surface area contributed by atoms with Gasteiger partial charge < -0.3 is 4.90 Å². The van der Waals surface area contributed by atoms with Gasteiger partial charge in [0.2, 0.25) is 5.91 Å². The summed E-state index contributed by atoms with van der Waals surface area (Å²) in [5.74, 6) is 0.249. The summed E-state index contributed by atoms with van der Waals surface area (Å²) in [6.07, 6.45) is 0. The van der Waals surface area contributed by atoms with Crippen molar-refractivity contribution in [2.24, 2.45) is 0 Å². The summed E-state index contributed by atoms with van der Waals surface area (Å²) >= 11 is 3.93. The molecule has 3 nitrogen and oxygen atoms in total. The lowest BCUT2D eigenvalue weighted by atomic mass is 10.3. The fourth-order valence-corrected chi connectivity index (χ4v) is 1.38. The maximum Gasteiger partial charge on any atom is 0.232 e. The van der Waals surface area contributed by atoms with Gasteiger partial charge in [-0.1, -0.05) is 6.07 Å². The maximum atomic E-state index is 11.2. The van der Waals surface area contributed by atoms with E-state index in [1.54, 1.807) is 11.9 Å². The number of hydrogen-bond acceptors (Lipinski definition) is 3. The third-order valence-electron chi connectivity index (χ3n) is 1.91. The topological polar surface area (TPSA) is 33.2 Å². The molecule has 1 aromatic heterocycles. The van der Waals surface area contributed by atoms with Crippen LogP contribution in [0.3, 0.4) is 0 Å². The molecule has 0 aliphatic carbocycles. The van der Waals surface area contributed by atoms with Gasteiger partial charge in [0.15, 0.2) is 0 Å². The second-order valence-electron chi connectivity index (χ2n) is 3.18. The van der Waals surface area contributed by atoms with Gasteiger partial charge >= 0.3 is 0 Å². The number of nitrogens with zero attached hydrogens (tertiary/aromatic N) is 2. The van der Waals surface area contributed by atoms with Gasteiger partial charge in [-0.2, -0.15) is 12.6 Å². The van der Waals surface area contributed by atoms with Crippen LogP contribution in [0.5, 0.6) is 0 Å². The van der Waals surface area contributed by atoms with Crippen LogP contribution in [-0.4, -0.2) is 28.6 Å². The van der Waals surface area contributed by atoms with E-state index in [1.165, 1.54) is 0 Å². The molecule has 0 saturated carbocycles. The molecule has 0 N–H and O–H groups in total. The van der Waals surface area contributed by atoms with E-state index >= 15 is 0 Å². The Morgan fingerprint density at radius 1 is 1.57 bits per heavy atom. The Bertz CT molecular complexity index is 328. The standard InChI is InChI=1S/C10H14N2OS/c1-8-4-3-5-9(11-8)6-12(2)10(13)7-14/h3-5,14H,6-7H2,1-2H3. The highest BCUT2D eigenvalue weighted by Gasteiger charge is 2.07. The number of thiol groups is 1. The number of hydrogen-bond donors (Lipinski definition) is 1. The summed E-state index contributed by atoms with van der Waals surface area (Å²) in [5.41, 5.74) is 1.87. The maximum absolute atomic E-state index is 11.2. The highest BCUT2D eigenvalue weighted by Crippen LogP contribution is 2.02. The van der Waals surface area contributed by atoms with Crippen LogP contribution in [0.25, 0.3) is 0 Å². The molecule has 0 fully saturated rings. The largest absolute Gasteiger partial charge is 0.339 e. The Kier molecular flexibility index (Phi) is 3.95. The molecule has 0 unspecified atom stereocenters. The first-order valence-corrected chi connectivity index (χ1v) is 5.04. The Balaban J connectivity index is 2.64. The first kappa shape index (κ1) is 11.0. The van der Waals surface area contributed by atoms with Crippen molar-refractivity contribution < 1.29 is 4.79 Å². The van der Waals surface area contributed by atoms with E-state index in [9.17, 15) is 4.79 Å². The molecular formula is C10H14N2OS. The molecule has 0 aromatic carbocycles. The average molecular weight is 210 g/mol. The molecule has 14 heavy (non-hydrogen) atoms. The van der Waals surface area contributed by atoms with Crippen molar-refractivity contribution in [1.29, 1.82) is 0 Å². The Morgan fingerprint density at radius 2 is 2.29 bits per heavy atom. The van der Waals surface area contributed by atoms with E-state index in [4.69, 9.17) is 0 Å². The number of amides is 1. The normalized spacial score (nSPS) is 9.93. The van der Waals surface area contributed by atoms with Crippen LogP contribution in [0.2, 0.25) is 0 Å². The molecule has 0 aliphatic heterocycles. The minimum Gasteiger partial charge on any atom is -0.339 e. The molecular weight excluding hydrogens is 196 g/mol. The van der Waals surface area contributed by atoms with Crippen LogP contribution in [-0.2, 0) is 11.3 Å². The summed E-state index contributed by atoms with van der Waals surface area (Å²) in [6.45, 7) is 2.48. The molecule has 0 atom stereocenters. The molecule has 0 saturated heterocycles. The van der Waals surface area contributed by atoms with Crippen LogP contribution < -0.4 is 0 Å². The lowest BCUT2D eigenvalue weighted by molar-refractivity contribution is -0.127. The first-order chi connectivity index (χ1) is 6.63. The molecule has 0 spiro atoms. The van der Waals surface area contributed by atoms with E-state index in [2.05, 4.69) is 17.6 Å². The molecule has 1 rings (SSSR count). The minimum absolute atomic E-state index is 0.0108. The van der Waals surface area contributed by atoms with Crippen LogP contribution in [0.1, 0.15) is 11.4 Å². The van der Waals surface area contributed by atoms with Crippen molar-refractivity contribution in [3.05, 3.63) is 29.6 Å². The Morgan fingerprint density at radius 3 is 2.86 bits per heavy atom. The van der Waals surface area contributed by atoms with Crippen molar-refractivity contribution in [3.8, 4) is 0 Å². The van der Waals surface area contributed by atoms with Gasteiger partial charge in [-0.05, 0) is 19.1 Å². The predicted octanol–water partition coefficient (Wildman–Crippen LogP) is 1.28. The van der Waals surface area contributed by atoms with Gasteiger partial charge in [-0.25, -0.2) is 0 Å². The van der Waals surface area contributed by atoms with E-state index in [0.29, 0.717) is 6.54 Å². The van der Waals surface area contributed by atoms with Crippen molar-refractivity contribution in [3.63, 3.8) is 0 Å². The molecule has 1 aromatic rings. The minimum atomic E-state index is 0.0108. The quantitative estimate of drug-likeness (QED) is 0.762. The monoisotopic (exact) mass is 210 g/mol. The smallest absolute Gasteiger partial charge is 0.232 e. The van der Waals surface area contributed by atoms with Gasteiger partial charge in [-0.3, -0.25) is 9.78 Å². The van der Waals surface area contributed by atoms with E-state index < -0.39 is 0 Å². The van der Waals surface area contributed by atoms with E-state index in [1.807, 2.05) is 25.1 Å². The number of carbonyl (C=O) groups excluding carboxylic acids is 1. The highest BCUT2D eigenvalue weighted by molar-refractivity contribution is 7.81. The summed E-state index contributed by atoms with van der Waals surface area (Å²) in [5, 5.41) is 0. The molecule has 0 aliphatic rings. The Hall–Kier alpha value is -1.03. The summed E-state index contributed by atoms with van der Waals surface area (Å²) in [7, 11) is 1.75. The van der Waals surface area contributed by atoms with Gasteiger partial charge in [0, 0.05) is 12.7 Å². The third kappa shape index (κ3) is 3.03.